The zero-order valence-electron chi connectivity index (χ0n) is 11.5. The molecule has 0 saturated carbocycles. The van der Waals surface area contributed by atoms with Gasteiger partial charge in [-0.3, -0.25) is 4.79 Å². The Morgan fingerprint density at radius 2 is 2.05 bits per heavy atom. The highest BCUT2D eigenvalue weighted by Gasteiger charge is 2.31. The number of fused-ring (bicyclic) bond motifs is 1. The molecule has 1 amide bonds. The van der Waals surface area contributed by atoms with Crippen molar-refractivity contribution < 1.29 is 17.9 Å². The van der Waals surface area contributed by atoms with Gasteiger partial charge in [0.25, 0.3) is 5.91 Å². The van der Waals surface area contributed by atoms with Crippen LogP contribution in [0.4, 0.5) is 5.69 Å². The SMILES string of the molecule is CCS(=O)(=O)NCCC1Oc2ccccc2N(C)C1=O. The Labute approximate surface area is 118 Å². The average molecular weight is 298 g/mol. The minimum atomic E-state index is -3.24. The van der Waals surface area contributed by atoms with Crippen LogP contribution in [-0.2, 0) is 14.8 Å². The predicted molar refractivity (Wildman–Crippen MR) is 76.3 cm³/mol. The Hall–Kier alpha value is -1.60. The van der Waals surface area contributed by atoms with Crippen molar-refractivity contribution in [3.8, 4) is 5.75 Å². The van der Waals surface area contributed by atoms with Crippen molar-refractivity contribution in [3.05, 3.63) is 24.3 Å². The molecule has 0 radical (unpaired) electrons. The van der Waals surface area contributed by atoms with Crippen LogP contribution in [-0.4, -0.2) is 39.8 Å². The third-order valence-electron chi connectivity index (χ3n) is 3.21. The molecule has 0 spiro atoms. The van der Waals surface area contributed by atoms with Gasteiger partial charge >= 0.3 is 0 Å². The van der Waals surface area contributed by atoms with E-state index in [0.717, 1.165) is 5.69 Å². The van der Waals surface area contributed by atoms with Crippen LogP contribution in [0.3, 0.4) is 0 Å². The van der Waals surface area contributed by atoms with Crippen molar-refractivity contribution in [2.75, 3.05) is 24.2 Å². The molecule has 110 valence electrons. The van der Waals surface area contributed by atoms with E-state index >= 15 is 0 Å². The number of rotatable bonds is 5. The number of amides is 1. The lowest BCUT2D eigenvalue weighted by atomic mass is 10.1. The summed E-state index contributed by atoms with van der Waals surface area (Å²) < 4.78 is 30.7. The summed E-state index contributed by atoms with van der Waals surface area (Å²) >= 11 is 0. The Balaban J connectivity index is 2.03. The summed E-state index contributed by atoms with van der Waals surface area (Å²) in [6.45, 7) is 1.75. The number of carbonyl (C=O) groups excluding carboxylic acids is 1. The first-order chi connectivity index (χ1) is 9.44. The molecular formula is C13H18N2O4S. The van der Waals surface area contributed by atoms with E-state index < -0.39 is 16.1 Å². The number of nitrogens with one attached hydrogen (secondary N) is 1. The van der Waals surface area contributed by atoms with Gasteiger partial charge in [-0.25, -0.2) is 13.1 Å². The van der Waals surface area contributed by atoms with Gasteiger partial charge in [-0.15, -0.1) is 0 Å². The number of likely N-dealkylation sites (N-methyl/N-ethyl adjacent to an activating group) is 1. The molecule has 1 N–H and O–H groups in total. The van der Waals surface area contributed by atoms with Crippen molar-refractivity contribution in [1.82, 2.24) is 4.72 Å². The van der Waals surface area contributed by atoms with Crippen molar-refractivity contribution in [1.29, 1.82) is 0 Å². The number of benzene rings is 1. The third kappa shape index (κ3) is 3.10. The minimum Gasteiger partial charge on any atom is -0.478 e. The van der Waals surface area contributed by atoms with Crippen molar-refractivity contribution in [2.45, 2.75) is 19.4 Å². The summed E-state index contributed by atoms with van der Waals surface area (Å²) in [5, 5.41) is 0. The van der Waals surface area contributed by atoms with Crippen molar-refractivity contribution in [2.24, 2.45) is 0 Å². The van der Waals surface area contributed by atoms with Crippen LogP contribution in [0.1, 0.15) is 13.3 Å². The summed E-state index contributed by atoms with van der Waals surface area (Å²) in [6.07, 6.45) is -0.356. The molecule has 20 heavy (non-hydrogen) atoms. The van der Waals surface area contributed by atoms with E-state index in [1.807, 2.05) is 18.2 Å². The van der Waals surface area contributed by atoms with E-state index in [2.05, 4.69) is 4.72 Å². The Kier molecular flexibility index (Phi) is 4.29. The zero-order chi connectivity index (χ0) is 14.8. The largest absolute Gasteiger partial charge is 0.478 e. The summed E-state index contributed by atoms with van der Waals surface area (Å²) in [4.78, 5) is 13.7. The number of para-hydroxylation sites is 2. The Morgan fingerprint density at radius 3 is 2.75 bits per heavy atom. The standard InChI is InChI=1S/C13H18N2O4S/c1-3-20(17,18)14-9-8-12-13(16)15(2)10-6-4-5-7-11(10)19-12/h4-7,12,14H,3,8-9H2,1-2H3. The van der Waals surface area contributed by atoms with Gasteiger partial charge in [0.15, 0.2) is 6.10 Å². The lowest BCUT2D eigenvalue weighted by Crippen LogP contribution is -2.45. The molecule has 2 rings (SSSR count). The molecule has 0 saturated heterocycles. The maximum absolute atomic E-state index is 12.1. The summed E-state index contributed by atoms with van der Waals surface area (Å²) in [5.41, 5.74) is 0.725. The highest BCUT2D eigenvalue weighted by molar-refractivity contribution is 7.89. The third-order valence-corrected chi connectivity index (χ3v) is 4.61. The van der Waals surface area contributed by atoms with Crippen LogP contribution >= 0.6 is 0 Å². The lowest BCUT2D eigenvalue weighted by Gasteiger charge is -2.31. The molecule has 0 aromatic heterocycles. The molecule has 1 aromatic carbocycles. The van der Waals surface area contributed by atoms with Gasteiger partial charge in [-0.1, -0.05) is 12.1 Å². The molecule has 1 heterocycles. The van der Waals surface area contributed by atoms with Crippen LogP contribution in [0.5, 0.6) is 5.75 Å². The van der Waals surface area contributed by atoms with E-state index in [0.29, 0.717) is 12.2 Å². The van der Waals surface area contributed by atoms with Crippen LogP contribution in [0, 0.1) is 0 Å². The van der Waals surface area contributed by atoms with Crippen molar-refractivity contribution in [3.63, 3.8) is 0 Å². The summed E-state index contributed by atoms with van der Waals surface area (Å²) in [6, 6.07) is 7.27. The van der Waals surface area contributed by atoms with Gasteiger partial charge in [0.1, 0.15) is 5.75 Å². The topological polar surface area (TPSA) is 75.7 Å². The normalized spacial score (nSPS) is 18.6. The Bertz CT molecular complexity index is 600. The number of ether oxygens (including phenoxy) is 1. The van der Waals surface area contributed by atoms with E-state index in [9.17, 15) is 13.2 Å². The highest BCUT2D eigenvalue weighted by Crippen LogP contribution is 2.33. The summed E-state index contributed by atoms with van der Waals surface area (Å²) in [7, 11) is -1.55. The van der Waals surface area contributed by atoms with Crippen LogP contribution < -0.4 is 14.4 Å². The molecule has 1 aliphatic heterocycles. The number of anilines is 1. The summed E-state index contributed by atoms with van der Waals surface area (Å²) in [5.74, 6) is 0.493. The lowest BCUT2D eigenvalue weighted by molar-refractivity contribution is -0.126. The van der Waals surface area contributed by atoms with E-state index in [-0.39, 0.29) is 18.2 Å². The van der Waals surface area contributed by atoms with Crippen molar-refractivity contribution >= 4 is 21.6 Å². The second kappa shape index (κ2) is 5.80. The fourth-order valence-electron chi connectivity index (χ4n) is 2.00. The van der Waals surface area contributed by atoms with E-state index in [1.54, 1.807) is 20.0 Å². The van der Waals surface area contributed by atoms with Gasteiger partial charge in [0.05, 0.1) is 11.4 Å². The predicted octanol–water partition coefficient (Wildman–Crippen LogP) is 0.740. The van der Waals surface area contributed by atoms with Gasteiger partial charge < -0.3 is 9.64 Å². The fraction of sp³-hybridized carbons (Fsp3) is 0.462. The maximum Gasteiger partial charge on any atom is 0.267 e. The second-order valence-corrected chi connectivity index (χ2v) is 6.65. The molecule has 0 bridgehead atoms. The average Bonchev–Trinajstić information content (AvgIpc) is 2.44. The number of sulfonamides is 1. The molecule has 1 aromatic rings. The fourth-order valence-corrected chi connectivity index (χ4v) is 2.64. The zero-order valence-corrected chi connectivity index (χ0v) is 12.3. The monoisotopic (exact) mass is 298 g/mol. The minimum absolute atomic E-state index is 0.0230. The van der Waals surface area contributed by atoms with Crippen LogP contribution in [0.25, 0.3) is 0 Å². The van der Waals surface area contributed by atoms with E-state index in [4.69, 9.17) is 4.74 Å². The number of carbonyl (C=O) groups is 1. The smallest absolute Gasteiger partial charge is 0.267 e. The molecule has 0 fully saturated rings. The van der Waals surface area contributed by atoms with Gasteiger partial charge in [-0.05, 0) is 19.1 Å². The number of hydrogen-bond acceptors (Lipinski definition) is 4. The van der Waals surface area contributed by atoms with Gasteiger partial charge in [0.2, 0.25) is 10.0 Å². The molecule has 0 aliphatic carbocycles. The first-order valence-corrected chi connectivity index (χ1v) is 8.10. The number of nitrogens with zero attached hydrogens (tertiary/aromatic N) is 1. The molecule has 7 heteroatoms. The quantitative estimate of drug-likeness (QED) is 0.870. The first kappa shape index (κ1) is 14.8. The first-order valence-electron chi connectivity index (χ1n) is 6.45. The molecule has 1 atom stereocenters. The van der Waals surface area contributed by atoms with Gasteiger partial charge in [-0.2, -0.15) is 0 Å². The maximum atomic E-state index is 12.1. The highest BCUT2D eigenvalue weighted by atomic mass is 32.2. The van der Waals surface area contributed by atoms with Gasteiger partial charge in [0, 0.05) is 20.0 Å². The molecule has 6 nitrogen and oxygen atoms in total. The van der Waals surface area contributed by atoms with Crippen LogP contribution in [0.2, 0.25) is 0 Å². The molecular weight excluding hydrogens is 280 g/mol. The van der Waals surface area contributed by atoms with E-state index in [1.165, 1.54) is 4.90 Å². The molecule has 1 aliphatic rings. The van der Waals surface area contributed by atoms with Crippen LogP contribution in [0.15, 0.2) is 24.3 Å². The number of hydrogen-bond donors (Lipinski definition) is 1. The molecule has 1 unspecified atom stereocenters. The second-order valence-electron chi connectivity index (χ2n) is 4.56. The Morgan fingerprint density at radius 1 is 1.35 bits per heavy atom.